The molecule has 2 fully saturated rings. The van der Waals surface area contributed by atoms with E-state index in [2.05, 4.69) is 74.3 Å². The zero-order valence-electron chi connectivity index (χ0n) is 27.6. The van der Waals surface area contributed by atoms with E-state index in [1.165, 1.54) is 12.8 Å². The van der Waals surface area contributed by atoms with Gasteiger partial charge >= 0.3 is 0 Å². The Kier molecular flexibility index (Phi) is 10.4. The molecule has 0 heterocycles. The fraction of sp³-hybridized carbons (Fsp3) is 0.818. The third-order valence-corrected chi connectivity index (χ3v) is 18.0. The number of rotatable bonds is 12. The summed E-state index contributed by atoms with van der Waals surface area (Å²) < 4.78 is 41.1. The van der Waals surface area contributed by atoms with Gasteiger partial charge in [-0.3, -0.25) is 0 Å². The standard InChI is InChI=1S/C33H60O4SSi2/c1-31(2,3)40(10,11)36-30-20-16-24-33(6)28(21-22-29(30)33)26(17-15-23-32(4,5)37-39(7,8)9)25-38(34,35)27-18-13-12-14-19-27/h12-14,18-19,26,28-30H,15-17,20-25H2,1-11H3/t26-,28+,29?,30-,33+/m0/s1. The van der Waals surface area contributed by atoms with Gasteiger partial charge < -0.3 is 8.85 Å². The van der Waals surface area contributed by atoms with Crippen LogP contribution < -0.4 is 0 Å². The van der Waals surface area contributed by atoms with Gasteiger partial charge in [0.1, 0.15) is 0 Å². The molecule has 4 nitrogen and oxygen atoms in total. The van der Waals surface area contributed by atoms with E-state index in [-0.39, 0.29) is 27.7 Å². The molecule has 0 spiro atoms. The van der Waals surface area contributed by atoms with E-state index < -0.39 is 26.5 Å². The Morgan fingerprint density at radius 1 is 0.975 bits per heavy atom. The monoisotopic (exact) mass is 608 g/mol. The van der Waals surface area contributed by atoms with Crippen LogP contribution in [-0.2, 0) is 18.7 Å². The highest BCUT2D eigenvalue weighted by Gasteiger charge is 2.55. The third kappa shape index (κ3) is 8.33. The maximum atomic E-state index is 13.7. The van der Waals surface area contributed by atoms with Crippen LogP contribution in [0.3, 0.4) is 0 Å². The minimum Gasteiger partial charge on any atom is -0.414 e. The van der Waals surface area contributed by atoms with E-state index in [0.717, 1.165) is 38.5 Å². The van der Waals surface area contributed by atoms with Crippen LogP contribution in [0.2, 0.25) is 37.8 Å². The van der Waals surface area contributed by atoms with Gasteiger partial charge in [-0.25, -0.2) is 8.42 Å². The normalized spacial score (nSPS) is 27.4. The Labute approximate surface area is 249 Å². The Morgan fingerprint density at radius 3 is 2.17 bits per heavy atom. The van der Waals surface area contributed by atoms with Crippen LogP contribution in [0.15, 0.2) is 35.2 Å². The molecule has 3 rings (SSSR count). The van der Waals surface area contributed by atoms with Crippen molar-refractivity contribution in [3.05, 3.63) is 30.3 Å². The van der Waals surface area contributed by atoms with Gasteiger partial charge in [-0.15, -0.1) is 0 Å². The molecule has 2 aliphatic rings. The first-order chi connectivity index (χ1) is 18.2. The molecule has 0 radical (unpaired) electrons. The molecule has 0 saturated heterocycles. The fourth-order valence-electron chi connectivity index (χ4n) is 7.71. The first kappa shape index (κ1) is 34.0. The lowest BCUT2D eigenvalue weighted by molar-refractivity contribution is -0.0214. The molecule has 230 valence electrons. The topological polar surface area (TPSA) is 52.6 Å². The van der Waals surface area contributed by atoms with E-state index in [1.54, 1.807) is 12.1 Å². The highest BCUT2D eigenvalue weighted by molar-refractivity contribution is 7.91. The molecule has 7 heteroatoms. The lowest BCUT2D eigenvalue weighted by Crippen LogP contribution is -2.50. The van der Waals surface area contributed by atoms with Crippen LogP contribution in [0, 0.1) is 23.2 Å². The van der Waals surface area contributed by atoms with Gasteiger partial charge in [0.05, 0.1) is 16.2 Å². The van der Waals surface area contributed by atoms with Crippen molar-refractivity contribution in [3.63, 3.8) is 0 Å². The summed E-state index contributed by atoms with van der Waals surface area (Å²) >= 11 is 0. The van der Waals surface area contributed by atoms with Gasteiger partial charge in [0.15, 0.2) is 26.5 Å². The molecule has 0 N–H and O–H groups in total. The SMILES string of the molecule is CC(C)(CCC[C@@H](CS(=O)(=O)c1ccccc1)[C@H]1CCC2[C@@H](O[Si](C)(C)C(C)(C)C)CCC[C@@]21C)O[Si](C)(C)C. The molecule has 5 atom stereocenters. The fourth-order valence-corrected chi connectivity index (χ4v) is 12.6. The summed E-state index contributed by atoms with van der Waals surface area (Å²) in [4.78, 5) is 0.463. The summed E-state index contributed by atoms with van der Waals surface area (Å²) in [6, 6.07) is 9.11. The Morgan fingerprint density at radius 2 is 1.60 bits per heavy atom. The zero-order chi connectivity index (χ0) is 30.2. The van der Waals surface area contributed by atoms with Crippen molar-refractivity contribution in [2.45, 2.75) is 147 Å². The van der Waals surface area contributed by atoms with Crippen molar-refractivity contribution < 1.29 is 17.3 Å². The minimum atomic E-state index is -3.37. The Balaban J connectivity index is 1.86. The van der Waals surface area contributed by atoms with Gasteiger partial charge in [0.2, 0.25) is 0 Å². The van der Waals surface area contributed by atoms with Gasteiger partial charge in [0, 0.05) is 6.10 Å². The first-order valence-electron chi connectivity index (χ1n) is 15.8. The second kappa shape index (κ2) is 12.3. The maximum absolute atomic E-state index is 13.7. The second-order valence-electron chi connectivity index (χ2n) is 16.3. The molecule has 0 aliphatic heterocycles. The lowest BCUT2D eigenvalue weighted by Gasteiger charge is -2.50. The quantitative estimate of drug-likeness (QED) is 0.222. The van der Waals surface area contributed by atoms with Crippen LogP contribution in [0.5, 0.6) is 0 Å². The molecular formula is C33H60O4SSi2. The summed E-state index contributed by atoms with van der Waals surface area (Å²) in [6.07, 6.45) is 8.98. The third-order valence-electron chi connectivity index (χ3n) is 10.4. The second-order valence-corrected chi connectivity index (χ2v) is 27.5. The van der Waals surface area contributed by atoms with Crippen molar-refractivity contribution in [3.8, 4) is 0 Å². The van der Waals surface area contributed by atoms with Crippen molar-refractivity contribution in [1.29, 1.82) is 0 Å². The lowest BCUT2D eigenvalue weighted by atomic mass is 9.61. The first-order valence-corrected chi connectivity index (χ1v) is 23.8. The molecule has 2 aliphatic carbocycles. The summed E-state index contributed by atoms with van der Waals surface area (Å²) in [5.74, 6) is 1.32. The molecule has 0 bridgehead atoms. The van der Waals surface area contributed by atoms with E-state index in [4.69, 9.17) is 8.85 Å². The molecule has 40 heavy (non-hydrogen) atoms. The molecular weight excluding hydrogens is 549 g/mol. The largest absolute Gasteiger partial charge is 0.414 e. The van der Waals surface area contributed by atoms with E-state index in [9.17, 15) is 8.42 Å². The predicted molar refractivity (Wildman–Crippen MR) is 175 cm³/mol. The van der Waals surface area contributed by atoms with Crippen molar-refractivity contribution in [1.82, 2.24) is 0 Å². The number of sulfone groups is 1. The maximum Gasteiger partial charge on any atom is 0.192 e. The average molecular weight is 609 g/mol. The summed E-state index contributed by atoms with van der Waals surface area (Å²) in [5.41, 5.74) is -0.0467. The van der Waals surface area contributed by atoms with E-state index >= 15 is 0 Å². The Hall–Kier alpha value is -0.476. The van der Waals surface area contributed by atoms with Gasteiger partial charge in [-0.1, -0.05) is 58.7 Å². The molecule has 0 amide bonds. The predicted octanol–water partition coefficient (Wildman–Crippen LogP) is 9.48. The van der Waals surface area contributed by atoms with Crippen LogP contribution >= 0.6 is 0 Å². The molecule has 1 unspecified atom stereocenters. The molecule has 2 saturated carbocycles. The summed E-state index contributed by atoms with van der Waals surface area (Å²) in [7, 11) is -6.91. The highest BCUT2D eigenvalue weighted by atomic mass is 32.2. The van der Waals surface area contributed by atoms with Crippen molar-refractivity contribution in [2.75, 3.05) is 5.75 Å². The molecule has 1 aromatic carbocycles. The van der Waals surface area contributed by atoms with Crippen LogP contribution in [0.4, 0.5) is 0 Å². The van der Waals surface area contributed by atoms with E-state index in [0.29, 0.717) is 22.8 Å². The number of hydrogen-bond donors (Lipinski definition) is 0. The Bertz CT molecular complexity index is 1070. The van der Waals surface area contributed by atoms with Crippen molar-refractivity contribution in [2.24, 2.45) is 23.2 Å². The van der Waals surface area contributed by atoms with Gasteiger partial charge in [-0.05, 0) is 125 Å². The molecule has 1 aromatic rings. The van der Waals surface area contributed by atoms with Crippen LogP contribution in [0.25, 0.3) is 0 Å². The highest BCUT2D eigenvalue weighted by Crippen LogP contribution is 2.60. The van der Waals surface area contributed by atoms with Crippen LogP contribution in [-0.4, -0.2) is 42.5 Å². The zero-order valence-corrected chi connectivity index (χ0v) is 30.4. The average Bonchev–Trinajstić information content (AvgIpc) is 3.14. The number of hydrogen-bond acceptors (Lipinski definition) is 4. The molecule has 0 aromatic heterocycles. The van der Waals surface area contributed by atoms with E-state index in [1.807, 2.05) is 18.2 Å². The summed E-state index contributed by atoms with van der Waals surface area (Å²) in [6.45, 7) is 25.4. The smallest absolute Gasteiger partial charge is 0.192 e. The number of fused-ring (bicyclic) bond motifs is 1. The van der Waals surface area contributed by atoms with Gasteiger partial charge in [0.25, 0.3) is 0 Å². The van der Waals surface area contributed by atoms with Crippen molar-refractivity contribution >= 4 is 26.5 Å². The minimum absolute atomic E-state index is 0.131. The van der Waals surface area contributed by atoms with Gasteiger partial charge in [-0.2, -0.15) is 0 Å². The summed E-state index contributed by atoms with van der Waals surface area (Å²) in [5, 5.41) is 0.190. The van der Waals surface area contributed by atoms with Crippen LogP contribution in [0.1, 0.15) is 92.9 Å². The number of benzene rings is 1.